The summed E-state index contributed by atoms with van der Waals surface area (Å²) in [6.45, 7) is 4.67. The van der Waals surface area contributed by atoms with E-state index in [2.05, 4.69) is 34.7 Å². The van der Waals surface area contributed by atoms with Crippen LogP contribution in [0.1, 0.15) is 43.5 Å². The first-order valence-corrected chi connectivity index (χ1v) is 10.3. The highest BCUT2D eigenvalue weighted by Gasteiger charge is 2.25. The predicted octanol–water partition coefficient (Wildman–Crippen LogP) is 4.12. The molecular weight excluding hydrogens is 350 g/mol. The van der Waals surface area contributed by atoms with Gasteiger partial charge in [0.25, 0.3) is 0 Å². The Balaban J connectivity index is 1.60. The number of hydrogen-bond acceptors (Lipinski definition) is 3. The zero-order valence-corrected chi connectivity index (χ0v) is 17.5. The minimum absolute atomic E-state index is 0.159. The van der Waals surface area contributed by atoms with Gasteiger partial charge in [-0.05, 0) is 71.0 Å². The minimum atomic E-state index is -0.159. The number of benzene rings is 1. The van der Waals surface area contributed by atoms with Gasteiger partial charge in [-0.3, -0.25) is 0 Å². The second-order valence-electron chi connectivity index (χ2n) is 8.15. The highest BCUT2D eigenvalue weighted by atomic mass is 16.2. The molecule has 0 saturated heterocycles. The number of aromatic nitrogens is 2. The zero-order valence-electron chi connectivity index (χ0n) is 17.5. The lowest BCUT2D eigenvalue weighted by Crippen LogP contribution is -2.46. The number of hydrogen-bond donors (Lipinski definition) is 2. The Labute approximate surface area is 168 Å². The van der Waals surface area contributed by atoms with Gasteiger partial charge in [-0.15, -0.1) is 0 Å². The van der Waals surface area contributed by atoms with Gasteiger partial charge < -0.3 is 15.5 Å². The zero-order chi connectivity index (χ0) is 20.1. The molecule has 1 aromatic carbocycles. The summed E-state index contributed by atoms with van der Waals surface area (Å²) in [5, 5.41) is 10.6. The van der Waals surface area contributed by atoms with Crippen LogP contribution in [0.15, 0.2) is 30.3 Å². The van der Waals surface area contributed by atoms with Gasteiger partial charge in [0.2, 0.25) is 0 Å². The Kier molecular flexibility index (Phi) is 6.73. The molecule has 152 valence electrons. The van der Waals surface area contributed by atoms with Crippen LogP contribution in [0.4, 0.5) is 10.5 Å². The molecule has 1 saturated carbocycles. The van der Waals surface area contributed by atoms with Crippen LogP contribution in [0.2, 0.25) is 0 Å². The molecule has 1 aliphatic carbocycles. The van der Waals surface area contributed by atoms with E-state index in [1.807, 2.05) is 48.9 Å². The van der Waals surface area contributed by atoms with E-state index in [1.165, 1.54) is 32.1 Å². The van der Waals surface area contributed by atoms with E-state index in [4.69, 9.17) is 0 Å². The lowest BCUT2D eigenvalue weighted by molar-refractivity contribution is 0.167. The molecule has 6 nitrogen and oxygen atoms in total. The van der Waals surface area contributed by atoms with E-state index >= 15 is 0 Å². The predicted molar refractivity (Wildman–Crippen MR) is 114 cm³/mol. The topological polar surface area (TPSA) is 62.2 Å². The fraction of sp³-hybridized carbons (Fsp3) is 0.545. The molecular formula is C22H33N5O. The SMILES string of the molecule is Cc1cc(C)n(-c2cccc(NC(=O)NCC(C3CCCCC3)N(C)C)c2)n1. The second-order valence-corrected chi connectivity index (χ2v) is 8.15. The molecule has 28 heavy (non-hydrogen) atoms. The monoisotopic (exact) mass is 383 g/mol. The van der Waals surface area contributed by atoms with E-state index in [0.29, 0.717) is 18.5 Å². The summed E-state index contributed by atoms with van der Waals surface area (Å²) in [6, 6.07) is 10.0. The summed E-state index contributed by atoms with van der Waals surface area (Å²) in [6.07, 6.45) is 6.48. The maximum atomic E-state index is 12.5. The molecule has 2 amide bonds. The Morgan fingerprint density at radius 2 is 1.96 bits per heavy atom. The third-order valence-electron chi connectivity index (χ3n) is 5.69. The fourth-order valence-electron chi connectivity index (χ4n) is 4.27. The molecule has 0 spiro atoms. The van der Waals surface area contributed by atoms with Crippen molar-refractivity contribution < 1.29 is 4.79 Å². The summed E-state index contributed by atoms with van der Waals surface area (Å²) in [5.74, 6) is 0.665. The molecule has 0 radical (unpaired) electrons. The largest absolute Gasteiger partial charge is 0.336 e. The van der Waals surface area contributed by atoms with E-state index in [9.17, 15) is 4.79 Å². The molecule has 3 rings (SSSR count). The average Bonchev–Trinajstić information content (AvgIpc) is 3.01. The molecule has 6 heteroatoms. The van der Waals surface area contributed by atoms with Gasteiger partial charge in [0.05, 0.1) is 11.4 Å². The van der Waals surface area contributed by atoms with Crippen molar-refractivity contribution in [1.29, 1.82) is 0 Å². The average molecular weight is 384 g/mol. The molecule has 1 fully saturated rings. The van der Waals surface area contributed by atoms with Crippen molar-refractivity contribution in [2.24, 2.45) is 5.92 Å². The standard InChI is InChI=1S/C22H33N5O/c1-16-13-17(2)27(25-16)20-12-8-11-19(14-20)24-22(28)23-15-21(26(3)4)18-9-6-5-7-10-18/h8,11-14,18,21H,5-7,9-10,15H2,1-4H3,(H2,23,24,28). The fourth-order valence-corrected chi connectivity index (χ4v) is 4.27. The van der Waals surface area contributed by atoms with Crippen molar-refractivity contribution in [2.75, 3.05) is 26.0 Å². The molecule has 1 atom stereocenters. The second kappa shape index (κ2) is 9.24. The number of urea groups is 1. The van der Waals surface area contributed by atoms with Gasteiger partial charge in [0.1, 0.15) is 0 Å². The van der Waals surface area contributed by atoms with E-state index in [0.717, 1.165) is 22.8 Å². The molecule has 0 bridgehead atoms. The first-order chi connectivity index (χ1) is 13.4. The maximum absolute atomic E-state index is 12.5. The Bertz CT molecular complexity index is 792. The van der Waals surface area contributed by atoms with E-state index in [1.54, 1.807) is 0 Å². The smallest absolute Gasteiger partial charge is 0.319 e. The number of carbonyl (C=O) groups is 1. The van der Waals surface area contributed by atoms with E-state index < -0.39 is 0 Å². The first kappa shape index (κ1) is 20.4. The van der Waals surface area contributed by atoms with Crippen LogP contribution in [-0.4, -0.2) is 47.4 Å². The number of rotatable bonds is 6. The first-order valence-electron chi connectivity index (χ1n) is 10.3. The molecule has 1 heterocycles. The number of aryl methyl sites for hydroxylation is 2. The molecule has 1 aromatic heterocycles. The van der Waals surface area contributed by atoms with Crippen molar-refractivity contribution in [3.8, 4) is 5.69 Å². The van der Waals surface area contributed by atoms with Gasteiger partial charge in [0, 0.05) is 24.0 Å². The van der Waals surface area contributed by atoms with Gasteiger partial charge in [-0.1, -0.05) is 25.3 Å². The van der Waals surface area contributed by atoms with E-state index in [-0.39, 0.29) is 6.03 Å². The lowest BCUT2D eigenvalue weighted by atomic mass is 9.83. The quantitative estimate of drug-likeness (QED) is 0.789. The lowest BCUT2D eigenvalue weighted by Gasteiger charge is -2.34. The molecule has 0 aliphatic heterocycles. The van der Waals surface area contributed by atoms with Crippen LogP contribution in [0.5, 0.6) is 0 Å². The third kappa shape index (κ3) is 5.13. The highest BCUT2D eigenvalue weighted by molar-refractivity contribution is 5.89. The van der Waals surface area contributed by atoms with Crippen LogP contribution in [0.25, 0.3) is 5.69 Å². The molecule has 2 aromatic rings. The Morgan fingerprint density at radius 3 is 2.61 bits per heavy atom. The summed E-state index contributed by atoms with van der Waals surface area (Å²) < 4.78 is 1.89. The minimum Gasteiger partial charge on any atom is -0.336 e. The van der Waals surface area contributed by atoms with Crippen LogP contribution in [-0.2, 0) is 0 Å². The summed E-state index contributed by atoms with van der Waals surface area (Å²) in [4.78, 5) is 14.7. The van der Waals surface area contributed by atoms with Gasteiger partial charge in [-0.25, -0.2) is 9.48 Å². The van der Waals surface area contributed by atoms with Gasteiger partial charge >= 0.3 is 6.03 Å². The van der Waals surface area contributed by atoms with Crippen molar-refractivity contribution in [3.63, 3.8) is 0 Å². The molecule has 2 N–H and O–H groups in total. The number of carbonyl (C=O) groups excluding carboxylic acids is 1. The normalized spacial score (nSPS) is 16.2. The van der Waals surface area contributed by atoms with Crippen LogP contribution in [0.3, 0.4) is 0 Å². The van der Waals surface area contributed by atoms with Crippen molar-refractivity contribution in [3.05, 3.63) is 41.7 Å². The van der Waals surface area contributed by atoms with Crippen molar-refractivity contribution in [2.45, 2.75) is 52.0 Å². The Hall–Kier alpha value is -2.34. The number of anilines is 1. The molecule has 1 aliphatic rings. The number of amides is 2. The third-order valence-corrected chi connectivity index (χ3v) is 5.69. The van der Waals surface area contributed by atoms with Crippen LogP contribution in [0, 0.1) is 19.8 Å². The number of likely N-dealkylation sites (N-methyl/N-ethyl adjacent to an activating group) is 1. The maximum Gasteiger partial charge on any atom is 0.319 e. The highest BCUT2D eigenvalue weighted by Crippen LogP contribution is 2.28. The van der Waals surface area contributed by atoms with Crippen LogP contribution >= 0.6 is 0 Å². The van der Waals surface area contributed by atoms with Crippen molar-refractivity contribution >= 4 is 11.7 Å². The van der Waals surface area contributed by atoms with Gasteiger partial charge in [-0.2, -0.15) is 5.10 Å². The number of nitrogens with one attached hydrogen (secondary N) is 2. The van der Waals surface area contributed by atoms with Gasteiger partial charge in [0.15, 0.2) is 0 Å². The summed E-state index contributed by atoms with van der Waals surface area (Å²) in [7, 11) is 4.22. The van der Waals surface area contributed by atoms with Crippen LogP contribution < -0.4 is 10.6 Å². The van der Waals surface area contributed by atoms with Crippen molar-refractivity contribution in [1.82, 2.24) is 20.0 Å². The summed E-state index contributed by atoms with van der Waals surface area (Å²) in [5.41, 5.74) is 3.75. The molecule has 1 unspecified atom stereocenters. The number of nitrogens with zero attached hydrogens (tertiary/aromatic N) is 3. The Morgan fingerprint density at radius 1 is 1.21 bits per heavy atom. The summed E-state index contributed by atoms with van der Waals surface area (Å²) >= 11 is 0.